The molecule has 2 unspecified atom stereocenters. The number of ether oxygens (including phenoxy) is 2. The van der Waals surface area contributed by atoms with Crippen LogP contribution in [0.5, 0.6) is 0 Å². The van der Waals surface area contributed by atoms with Gasteiger partial charge in [-0.15, -0.1) is 0 Å². The monoisotopic (exact) mass is 1360 g/mol. The summed E-state index contributed by atoms with van der Waals surface area (Å²) in [5, 5.41) is 0. The van der Waals surface area contributed by atoms with E-state index < -0.39 is 26.5 Å². The molecule has 0 aromatic carbocycles. The summed E-state index contributed by atoms with van der Waals surface area (Å²) < 4.78 is 33.2. The first-order chi connectivity index (χ1) is 47.8. The van der Waals surface area contributed by atoms with Crippen molar-refractivity contribution < 1.29 is 37.6 Å². The van der Waals surface area contributed by atoms with Gasteiger partial charge in [-0.25, -0.2) is 4.57 Å². The summed E-state index contributed by atoms with van der Waals surface area (Å²) in [4.78, 5) is 35.4. The van der Waals surface area contributed by atoms with Gasteiger partial charge in [-0.1, -0.05) is 342 Å². The van der Waals surface area contributed by atoms with Crippen LogP contribution in [-0.2, 0) is 32.7 Å². The molecule has 0 heterocycles. The van der Waals surface area contributed by atoms with Crippen LogP contribution in [0.25, 0.3) is 0 Å². The highest BCUT2D eigenvalue weighted by molar-refractivity contribution is 7.47. The molecule has 0 spiro atoms. The Kier molecular flexibility index (Phi) is 75.1. The van der Waals surface area contributed by atoms with Gasteiger partial charge in [-0.3, -0.25) is 18.6 Å². The van der Waals surface area contributed by atoms with Crippen molar-refractivity contribution in [3.8, 4) is 0 Å². The van der Waals surface area contributed by atoms with E-state index in [4.69, 9.17) is 24.3 Å². The van der Waals surface area contributed by atoms with E-state index >= 15 is 0 Å². The third kappa shape index (κ3) is 79.5. The number of hydrogen-bond donors (Lipinski definition) is 2. The minimum Gasteiger partial charge on any atom is -0.462 e. The number of rotatable bonds is 70. The summed E-state index contributed by atoms with van der Waals surface area (Å²) >= 11 is 0. The van der Waals surface area contributed by atoms with Crippen LogP contribution < -0.4 is 5.73 Å². The Balaban J connectivity index is 3.94. The third-order valence-electron chi connectivity index (χ3n) is 15.7. The number of esters is 2. The number of phosphoric ester groups is 1. The number of hydrogen-bond acceptors (Lipinski definition) is 8. The highest BCUT2D eigenvalue weighted by atomic mass is 31.2. The molecule has 3 N–H and O–H groups in total. The van der Waals surface area contributed by atoms with Crippen LogP contribution in [0.15, 0.2) is 207 Å². The van der Waals surface area contributed by atoms with Crippen molar-refractivity contribution in [1.29, 1.82) is 0 Å². The number of carbonyl (C=O) groups excluding carboxylic acids is 2. The maximum absolute atomic E-state index is 12.8. The second kappa shape index (κ2) is 79.6. The lowest BCUT2D eigenvalue weighted by atomic mass is 10.0. The summed E-state index contributed by atoms with van der Waals surface area (Å²) in [6, 6.07) is 0. The lowest BCUT2D eigenvalue weighted by Crippen LogP contribution is -2.29. The van der Waals surface area contributed by atoms with Crippen LogP contribution in [-0.4, -0.2) is 49.3 Å². The SMILES string of the molecule is CC/C=C\C/C=C\C/C=C\C/C=C\C/C=C\C/C=C\C/C=C\C/C=C\C/C=C\C/C=C\CCCCCCCCC(=O)OC(COC(=O)CCCCCCCCCCCCCCCCCCC/C=C\C/C=C\C/C=C\C/C=C\C/C=C\C/C=C\C/C=C\CC)COP(=O)(O)OCCN. The Morgan fingerprint density at radius 1 is 0.309 bits per heavy atom. The topological polar surface area (TPSA) is 134 Å². The summed E-state index contributed by atoms with van der Waals surface area (Å²) in [5.41, 5.74) is 5.41. The van der Waals surface area contributed by atoms with Crippen LogP contribution >= 0.6 is 7.82 Å². The summed E-state index contributed by atoms with van der Waals surface area (Å²) in [7, 11) is -4.41. The number of phosphoric acid groups is 1. The molecule has 546 valence electrons. The molecule has 0 fully saturated rings. The lowest BCUT2D eigenvalue weighted by molar-refractivity contribution is -0.161. The molecule has 0 aromatic rings. The Hall–Kier alpha value is -5.41. The van der Waals surface area contributed by atoms with Crippen molar-refractivity contribution in [2.24, 2.45) is 5.73 Å². The Morgan fingerprint density at radius 2 is 0.536 bits per heavy atom. The van der Waals surface area contributed by atoms with Crippen LogP contribution in [0.1, 0.15) is 296 Å². The van der Waals surface area contributed by atoms with Gasteiger partial charge in [-0.05, 0) is 148 Å². The summed E-state index contributed by atoms with van der Waals surface area (Å²) in [6.45, 7) is 3.49. The molecule has 0 radical (unpaired) electrons. The largest absolute Gasteiger partial charge is 0.472 e. The van der Waals surface area contributed by atoms with Gasteiger partial charge in [0.1, 0.15) is 6.61 Å². The molecule has 0 aliphatic carbocycles. The Labute approximate surface area is 595 Å². The molecule has 0 aliphatic rings. The summed E-state index contributed by atoms with van der Waals surface area (Å²) in [5.74, 6) is -0.851. The molecular weight excluding hydrogens is 1220 g/mol. The molecule has 0 saturated heterocycles. The number of nitrogens with two attached hydrogens (primary N) is 1. The maximum Gasteiger partial charge on any atom is 0.472 e. The molecule has 0 bridgehead atoms. The van der Waals surface area contributed by atoms with Gasteiger partial charge in [0.2, 0.25) is 0 Å². The third-order valence-corrected chi connectivity index (χ3v) is 16.6. The van der Waals surface area contributed by atoms with Gasteiger partial charge in [0.25, 0.3) is 0 Å². The van der Waals surface area contributed by atoms with E-state index in [0.717, 1.165) is 167 Å². The van der Waals surface area contributed by atoms with E-state index in [1.165, 1.54) is 96.3 Å². The van der Waals surface area contributed by atoms with Crippen molar-refractivity contribution in [3.63, 3.8) is 0 Å². The zero-order valence-corrected chi connectivity index (χ0v) is 62.4. The second-order valence-corrected chi connectivity index (χ2v) is 26.2. The molecular formula is C87H140NO8P. The normalized spacial score (nSPS) is 14.1. The summed E-state index contributed by atoms with van der Waals surface area (Å²) in [6.07, 6.45) is 122. The predicted molar refractivity (Wildman–Crippen MR) is 421 cm³/mol. The highest BCUT2D eigenvalue weighted by Gasteiger charge is 2.26. The molecule has 0 rings (SSSR count). The predicted octanol–water partition coefficient (Wildman–Crippen LogP) is 26.2. The zero-order chi connectivity index (χ0) is 70.0. The van der Waals surface area contributed by atoms with Crippen LogP contribution in [0.4, 0.5) is 0 Å². The molecule has 97 heavy (non-hydrogen) atoms. The smallest absolute Gasteiger partial charge is 0.462 e. The lowest BCUT2D eigenvalue weighted by Gasteiger charge is -2.19. The van der Waals surface area contributed by atoms with Crippen molar-refractivity contribution in [2.45, 2.75) is 302 Å². The van der Waals surface area contributed by atoms with Gasteiger partial charge >= 0.3 is 19.8 Å². The standard InChI is InChI=1S/C87H140NO8P/c1-3-5-7-9-11-13-15-17-19-21-23-25-27-29-31-33-35-37-39-41-42-44-45-47-49-51-53-55-57-59-61-63-65-67-69-71-73-75-77-79-86(89)93-83-85(84-95-97(91,92)94-82-81-88)96-87(90)80-78-76-74-72-70-68-66-64-62-60-58-56-54-52-50-48-46-43-40-38-36-34-32-30-28-26-24-22-20-18-16-14-12-10-8-6-4-2/h5-8,11-14,17-20,23-26,29-32,35-38,41-43,46,50,52,56,58,62,64,85H,3-4,9-10,15-16,21-22,27-28,33-34,39-40,44-45,47-49,51,53-55,57,59-61,63,65-84,88H2,1-2H3,(H,91,92)/b7-5-,8-6-,13-11-,14-12-,19-17-,20-18-,25-23-,26-24-,31-29-,32-30-,37-35-,38-36-,42-41-,46-43-,52-50-,58-56-,64-62-. The average Bonchev–Trinajstić information content (AvgIpc) is 2.17. The maximum atomic E-state index is 12.8. The first-order valence-corrected chi connectivity index (χ1v) is 40.1. The number of allylic oxidation sites excluding steroid dienone is 34. The first kappa shape index (κ1) is 91.6. The van der Waals surface area contributed by atoms with Gasteiger partial charge in [0.05, 0.1) is 13.2 Å². The van der Waals surface area contributed by atoms with E-state index in [1.807, 2.05) is 0 Å². The van der Waals surface area contributed by atoms with E-state index in [1.54, 1.807) is 0 Å². The van der Waals surface area contributed by atoms with Gasteiger partial charge in [0.15, 0.2) is 6.10 Å². The van der Waals surface area contributed by atoms with Crippen LogP contribution in [0.3, 0.4) is 0 Å². The minimum absolute atomic E-state index is 0.0417. The molecule has 0 aromatic heterocycles. The number of carbonyl (C=O) groups is 2. The Morgan fingerprint density at radius 3 is 0.794 bits per heavy atom. The van der Waals surface area contributed by atoms with Crippen molar-refractivity contribution >= 4 is 19.8 Å². The molecule has 0 amide bonds. The van der Waals surface area contributed by atoms with E-state index in [-0.39, 0.29) is 38.6 Å². The number of unbranched alkanes of at least 4 members (excludes halogenated alkanes) is 23. The fraction of sp³-hybridized carbons (Fsp3) is 0.586. The molecule has 0 saturated carbocycles. The minimum atomic E-state index is -4.41. The van der Waals surface area contributed by atoms with E-state index in [0.29, 0.717) is 6.42 Å². The quantitative estimate of drug-likeness (QED) is 0.0264. The van der Waals surface area contributed by atoms with Crippen molar-refractivity contribution in [3.05, 3.63) is 207 Å². The van der Waals surface area contributed by atoms with Crippen molar-refractivity contribution in [2.75, 3.05) is 26.4 Å². The van der Waals surface area contributed by atoms with Gasteiger partial charge < -0.3 is 20.1 Å². The molecule has 0 aliphatic heterocycles. The highest BCUT2D eigenvalue weighted by Crippen LogP contribution is 2.43. The average molecular weight is 1360 g/mol. The molecule has 10 heteroatoms. The van der Waals surface area contributed by atoms with Crippen LogP contribution in [0.2, 0.25) is 0 Å². The fourth-order valence-corrected chi connectivity index (χ4v) is 10.8. The van der Waals surface area contributed by atoms with Crippen molar-refractivity contribution in [1.82, 2.24) is 0 Å². The molecule has 2 atom stereocenters. The van der Waals surface area contributed by atoms with E-state index in [9.17, 15) is 19.0 Å². The fourth-order valence-electron chi connectivity index (χ4n) is 10.1. The van der Waals surface area contributed by atoms with E-state index in [2.05, 4.69) is 220 Å². The Bertz CT molecular complexity index is 2350. The second-order valence-electron chi connectivity index (χ2n) is 24.8. The first-order valence-electron chi connectivity index (χ1n) is 38.6. The van der Waals surface area contributed by atoms with Gasteiger partial charge in [-0.2, -0.15) is 0 Å². The molecule has 9 nitrogen and oxygen atoms in total. The zero-order valence-electron chi connectivity index (χ0n) is 61.5. The van der Waals surface area contributed by atoms with Gasteiger partial charge in [0, 0.05) is 19.4 Å². The van der Waals surface area contributed by atoms with Crippen LogP contribution in [0, 0.1) is 0 Å².